The molecule has 0 aliphatic carbocycles. The van der Waals surface area contributed by atoms with Gasteiger partial charge in [0, 0.05) is 18.6 Å². The highest BCUT2D eigenvalue weighted by molar-refractivity contribution is 6.35. The number of hydrogen-bond acceptors (Lipinski definition) is 2. The molecule has 0 N–H and O–H groups in total. The van der Waals surface area contributed by atoms with E-state index in [1.54, 1.807) is 14.2 Å². The number of allylic oxidation sites excluding steroid dienone is 3. The highest BCUT2D eigenvalue weighted by atomic mass is 35.5. The molecule has 0 aliphatic heterocycles. The molecule has 0 saturated carbocycles. The molecule has 0 amide bonds. The second-order valence-electron chi connectivity index (χ2n) is 4.00. The second-order valence-corrected chi connectivity index (χ2v) is 4.84. The summed E-state index contributed by atoms with van der Waals surface area (Å²) in [5.74, 6) is 1.25. The van der Waals surface area contributed by atoms with Gasteiger partial charge in [0.25, 0.3) is 0 Å². The molecule has 94 valence electrons. The minimum Gasteiger partial charge on any atom is -0.500 e. The molecule has 0 fully saturated rings. The molecule has 0 atom stereocenters. The van der Waals surface area contributed by atoms with Crippen molar-refractivity contribution in [1.82, 2.24) is 0 Å². The summed E-state index contributed by atoms with van der Waals surface area (Å²) in [6, 6.07) is 0. The Morgan fingerprint density at radius 2 is 1.75 bits per heavy atom. The average Bonchev–Trinajstić information content (AvgIpc) is 2.23. The van der Waals surface area contributed by atoms with Crippen LogP contribution in [0.1, 0.15) is 27.2 Å². The van der Waals surface area contributed by atoms with Gasteiger partial charge in [-0.2, -0.15) is 0 Å². The number of hydrogen-bond donors (Lipinski definition) is 0. The van der Waals surface area contributed by atoms with E-state index in [9.17, 15) is 0 Å². The van der Waals surface area contributed by atoms with Crippen molar-refractivity contribution in [2.24, 2.45) is 5.92 Å². The van der Waals surface area contributed by atoms with Crippen molar-refractivity contribution in [3.05, 3.63) is 21.4 Å². The maximum atomic E-state index is 6.23. The van der Waals surface area contributed by atoms with Crippen LogP contribution in [0.3, 0.4) is 0 Å². The van der Waals surface area contributed by atoms with E-state index in [0.29, 0.717) is 22.6 Å². The van der Waals surface area contributed by atoms with Gasteiger partial charge in [-0.3, -0.25) is 0 Å². The smallest absolute Gasteiger partial charge is 0.115 e. The van der Waals surface area contributed by atoms with Crippen molar-refractivity contribution in [1.29, 1.82) is 0 Å². The summed E-state index contributed by atoms with van der Waals surface area (Å²) in [5.41, 5.74) is 0.808. The topological polar surface area (TPSA) is 18.5 Å². The SMILES string of the molecule is COC/C(Cl)=C(C)\C(Cl)=C(/CC(C)C)OC. The monoisotopic (exact) mass is 266 g/mol. The van der Waals surface area contributed by atoms with Crippen molar-refractivity contribution < 1.29 is 9.47 Å². The second kappa shape index (κ2) is 7.99. The first-order chi connectivity index (χ1) is 7.43. The Kier molecular flexibility index (Phi) is 7.90. The van der Waals surface area contributed by atoms with Gasteiger partial charge in [0.2, 0.25) is 0 Å². The molecular weight excluding hydrogens is 247 g/mol. The molecule has 0 bridgehead atoms. The van der Waals surface area contributed by atoms with Gasteiger partial charge in [-0.15, -0.1) is 0 Å². The Balaban J connectivity index is 5.01. The summed E-state index contributed by atoms with van der Waals surface area (Å²) < 4.78 is 10.2. The molecule has 4 heteroatoms. The Morgan fingerprint density at radius 1 is 1.19 bits per heavy atom. The van der Waals surface area contributed by atoms with Gasteiger partial charge in [0.05, 0.1) is 18.7 Å². The first-order valence-electron chi connectivity index (χ1n) is 5.21. The van der Waals surface area contributed by atoms with Gasteiger partial charge in [-0.05, 0) is 18.4 Å². The van der Waals surface area contributed by atoms with Crippen LogP contribution >= 0.6 is 23.2 Å². The molecular formula is C12H20Cl2O2. The molecule has 0 aliphatic rings. The third-order valence-electron chi connectivity index (χ3n) is 2.09. The standard InChI is InChI=1S/C12H20Cl2O2/c1-8(2)6-11(16-5)12(14)9(3)10(13)7-15-4/h8H,6-7H2,1-5H3/b10-9+,12-11-. The third kappa shape index (κ3) is 5.24. The zero-order valence-corrected chi connectivity index (χ0v) is 12.1. The Labute approximate surface area is 108 Å². The van der Waals surface area contributed by atoms with Crippen LogP contribution in [-0.2, 0) is 9.47 Å². The Hall–Kier alpha value is -0.180. The maximum Gasteiger partial charge on any atom is 0.115 e. The van der Waals surface area contributed by atoms with E-state index < -0.39 is 0 Å². The van der Waals surface area contributed by atoms with Crippen LogP contribution in [0.4, 0.5) is 0 Å². The van der Waals surface area contributed by atoms with Gasteiger partial charge in [-0.25, -0.2) is 0 Å². The molecule has 2 nitrogen and oxygen atoms in total. The number of halogens is 2. The molecule has 0 saturated heterocycles. The highest BCUT2D eigenvalue weighted by Crippen LogP contribution is 2.27. The van der Waals surface area contributed by atoms with Crippen molar-refractivity contribution in [3.63, 3.8) is 0 Å². The first-order valence-corrected chi connectivity index (χ1v) is 5.96. The lowest BCUT2D eigenvalue weighted by atomic mass is 10.1. The van der Waals surface area contributed by atoms with Crippen LogP contribution < -0.4 is 0 Å². The summed E-state index contributed by atoms with van der Waals surface area (Å²) in [7, 11) is 3.22. The van der Waals surface area contributed by atoms with Gasteiger partial charge in [0.15, 0.2) is 0 Å². The lowest BCUT2D eigenvalue weighted by Gasteiger charge is -2.13. The Morgan fingerprint density at radius 3 is 2.12 bits per heavy atom. The molecule has 16 heavy (non-hydrogen) atoms. The highest BCUT2D eigenvalue weighted by Gasteiger charge is 2.12. The molecule has 0 aromatic carbocycles. The Bertz CT molecular complexity index is 281. The minimum atomic E-state index is 0.363. The van der Waals surface area contributed by atoms with E-state index in [4.69, 9.17) is 32.7 Å². The zero-order valence-electron chi connectivity index (χ0n) is 10.6. The van der Waals surface area contributed by atoms with Crippen molar-refractivity contribution in [2.45, 2.75) is 27.2 Å². The molecule has 0 aromatic rings. The molecule has 0 rings (SSSR count). The lowest BCUT2D eigenvalue weighted by molar-refractivity contribution is 0.230. The van der Waals surface area contributed by atoms with Crippen LogP contribution in [0.25, 0.3) is 0 Å². The molecule has 0 unspecified atom stereocenters. The third-order valence-corrected chi connectivity index (χ3v) is 2.98. The van der Waals surface area contributed by atoms with Crippen LogP contribution in [0.15, 0.2) is 21.4 Å². The zero-order chi connectivity index (χ0) is 12.7. The van der Waals surface area contributed by atoms with Crippen molar-refractivity contribution >= 4 is 23.2 Å². The normalized spacial score (nSPS) is 14.8. The average molecular weight is 267 g/mol. The van der Waals surface area contributed by atoms with E-state index >= 15 is 0 Å². The van der Waals surface area contributed by atoms with Crippen LogP contribution in [-0.4, -0.2) is 20.8 Å². The fourth-order valence-electron chi connectivity index (χ4n) is 1.20. The van der Waals surface area contributed by atoms with Crippen molar-refractivity contribution in [2.75, 3.05) is 20.8 Å². The summed E-state index contributed by atoms with van der Waals surface area (Å²) >= 11 is 12.3. The van der Waals surface area contributed by atoms with E-state index in [1.807, 2.05) is 6.92 Å². The van der Waals surface area contributed by atoms with Gasteiger partial charge in [-0.1, -0.05) is 37.0 Å². The van der Waals surface area contributed by atoms with Crippen molar-refractivity contribution in [3.8, 4) is 0 Å². The van der Waals surface area contributed by atoms with Gasteiger partial charge in [0.1, 0.15) is 5.76 Å². The van der Waals surface area contributed by atoms with Gasteiger partial charge < -0.3 is 9.47 Å². The van der Waals surface area contributed by atoms with E-state index in [-0.39, 0.29) is 0 Å². The molecule has 0 radical (unpaired) electrons. The minimum absolute atomic E-state index is 0.363. The summed E-state index contributed by atoms with van der Waals surface area (Å²) in [6.07, 6.45) is 0.795. The largest absolute Gasteiger partial charge is 0.500 e. The number of ether oxygens (including phenoxy) is 2. The molecule has 0 heterocycles. The fraction of sp³-hybridized carbons (Fsp3) is 0.667. The van der Waals surface area contributed by atoms with E-state index in [2.05, 4.69) is 13.8 Å². The molecule has 0 spiro atoms. The quantitative estimate of drug-likeness (QED) is 0.528. The van der Waals surface area contributed by atoms with E-state index in [1.165, 1.54) is 0 Å². The van der Waals surface area contributed by atoms with E-state index in [0.717, 1.165) is 17.8 Å². The first kappa shape index (κ1) is 15.8. The maximum absolute atomic E-state index is 6.23. The number of methoxy groups -OCH3 is 2. The summed E-state index contributed by atoms with van der Waals surface area (Å²) in [4.78, 5) is 0. The lowest BCUT2D eigenvalue weighted by Crippen LogP contribution is -1.99. The molecule has 0 aromatic heterocycles. The summed E-state index contributed by atoms with van der Waals surface area (Å²) in [5, 5.41) is 1.18. The van der Waals surface area contributed by atoms with Gasteiger partial charge >= 0.3 is 0 Å². The summed E-state index contributed by atoms with van der Waals surface area (Å²) in [6.45, 7) is 6.45. The predicted octanol–water partition coefficient (Wildman–Crippen LogP) is 4.29. The van der Waals surface area contributed by atoms with Crippen LogP contribution in [0.5, 0.6) is 0 Å². The van der Waals surface area contributed by atoms with Crippen LogP contribution in [0, 0.1) is 5.92 Å². The van der Waals surface area contributed by atoms with Crippen LogP contribution in [0.2, 0.25) is 0 Å². The fourth-order valence-corrected chi connectivity index (χ4v) is 1.72. The number of rotatable bonds is 6. The predicted molar refractivity (Wildman–Crippen MR) is 69.8 cm³/mol.